The van der Waals surface area contributed by atoms with Crippen LogP contribution in [0, 0.1) is 5.92 Å². The van der Waals surface area contributed by atoms with Crippen LogP contribution in [0.1, 0.15) is 26.7 Å². The molecule has 0 aromatic carbocycles. The number of hydrogen-bond acceptors (Lipinski definition) is 3. The summed E-state index contributed by atoms with van der Waals surface area (Å²) in [5, 5.41) is 2.32. The van der Waals surface area contributed by atoms with E-state index in [4.69, 9.17) is 0 Å². The number of rotatable bonds is 2. The van der Waals surface area contributed by atoms with Gasteiger partial charge in [0.2, 0.25) is 11.8 Å². The molecule has 2 fully saturated rings. The van der Waals surface area contributed by atoms with Gasteiger partial charge in [0.25, 0.3) is 0 Å². The Morgan fingerprint density at radius 1 is 1.21 bits per heavy atom. The normalized spacial score (nSPS) is 25.0. The fraction of sp³-hybridized carbons (Fsp3) is 0.800. The molecule has 0 unspecified atom stereocenters. The third-order valence-corrected chi connectivity index (χ3v) is 3.34. The number of carbonyl (C=O) groups excluding carboxylic acids is 2. The Morgan fingerprint density at radius 3 is 2.14 bits per heavy atom. The lowest BCUT2D eigenvalue weighted by molar-refractivity contribution is -0.139. The maximum absolute atomic E-state index is 11.2. The van der Waals surface area contributed by atoms with E-state index in [1.807, 2.05) is 4.90 Å². The van der Waals surface area contributed by atoms with E-state index in [0.717, 1.165) is 0 Å². The first kappa shape index (κ1) is 9.65. The lowest BCUT2D eigenvalue weighted by atomic mass is 9.95. The highest BCUT2D eigenvalue weighted by molar-refractivity contribution is 5.99. The second-order valence-corrected chi connectivity index (χ2v) is 4.76. The molecule has 0 radical (unpaired) electrons. The van der Waals surface area contributed by atoms with Gasteiger partial charge in [-0.25, -0.2) is 0 Å². The third kappa shape index (κ3) is 1.66. The number of imide groups is 1. The number of piperazine rings is 1. The molecule has 2 amide bonds. The minimum atomic E-state index is -0.171. The summed E-state index contributed by atoms with van der Waals surface area (Å²) in [4.78, 5) is 24.4. The molecule has 4 nitrogen and oxygen atoms in total. The highest BCUT2D eigenvalue weighted by atomic mass is 16.2. The molecule has 1 heterocycles. The van der Waals surface area contributed by atoms with E-state index in [9.17, 15) is 9.59 Å². The number of nitrogens with one attached hydrogen (secondary N) is 1. The van der Waals surface area contributed by atoms with Gasteiger partial charge >= 0.3 is 0 Å². The van der Waals surface area contributed by atoms with Gasteiger partial charge in [-0.1, -0.05) is 0 Å². The molecule has 1 aliphatic heterocycles. The second-order valence-electron chi connectivity index (χ2n) is 4.76. The zero-order valence-electron chi connectivity index (χ0n) is 8.67. The van der Waals surface area contributed by atoms with E-state index < -0.39 is 0 Å². The van der Waals surface area contributed by atoms with Crippen LogP contribution in [0.4, 0.5) is 0 Å². The maximum Gasteiger partial charge on any atom is 0.240 e. The third-order valence-electron chi connectivity index (χ3n) is 3.34. The molecule has 0 bridgehead atoms. The Bertz CT molecular complexity index is 266. The number of hydrogen-bond donors (Lipinski definition) is 1. The van der Waals surface area contributed by atoms with Crippen LogP contribution < -0.4 is 5.32 Å². The van der Waals surface area contributed by atoms with Crippen LogP contribution in [0.2, 0.25) is 0 Å². The molecule has 4 heteroatoms. The van der Waals surface area contributed by atoms with Gasteiger partial charge in [-0.15, -0.1) is 0 Å². The van der Waals surface area contributed by atoms with Crippen molar-refractivity contribution in [1.82, 2.24) is 10.2 Å². The fourth-order valence-electron chi connectivity index (χ4n) is 2.09. The van der Waals surface area contributed by atoms with Crippen molar-refractivity contribution in [1.29, 1.82) is 0 Å². The number of nitrogens with zero attached hydrogens (tertiary/aromatic N) is 1. The van der Waals surface area contributed by atoms with Crippen molar-refractivity contribution >= 4 is 11.8 Å². The predicted octanol–water partition coefficient (Wildman–Crippen LogP) is 0.133. The van der Waals surface area contributed by atoms with Crippen LogP contribution in [0.5, 0.6) is 0 Å². The minimum absolute atomic E-state index is 0.00653. The zero-order valence-corrected chi connectivity index (χ0v) is 8.67. The molecular weight excluding hydrogens is 180 g/mol. The molecule has 0 aromatic rings. The first-order chi connectivity index (χ1) is 6.50. The SMILES string of the molecule is CC(C)(C1CC1)N1CC(=O)NC(=O)C1. The van der Waals surface area contributed by atoms with Crippen molar-refractivity contribution in [3.8, 4) is 0 Å². The van der Waals surface area contributed by atoms with Crippen molar-refractivity contribution in [2.24, 2.45) is 5.92 Å². The Labute approximate surface area is 83.6 Å². The van der Waals surface area contributed by atoms with Crippen LogP contribution in [-0.4, -0.2) is 35.3 Å². The monoisotopic (exact) mass is 196 g/mol. The smallest absolute Gasteiger partial charge is 0.240 e. The van der Waals surface area contributed by atoms with Crippen molar-refractivity contribution in [3.05, 3.63) is 0 Å². The molecule has 1 aliphatic carbocycles. The van der Waals surface area contributed by atoms with Gasteiger partial charge in [0, 0.05) is 5.54 Å². The van der Waals surface area contributed by atoms with Crippen LogP contribution in [0.3, 0.4) is 0 Å². The number of carbonyl (C=O) groups is 2. The van der Waals surface area contributed by atoms with Crippen LogP contribution in [0.25, 0.3) is 0 Å². The van der Waals surface area contributed by atoms with E-state index in [0.29, 0.717) is 19.0 Å². The lowest BCUT2D eigenvalue weighted by Gasteiger charge is -2.40. The summed E-state index contributed by atoms with van der Waals surface area (Å²) in [6, 6.07) is 0. The summed E-state index contributed by atoms with van der Waals surface area (Å²) >= 11 is 0. The van der Waals surface area contributed by atoms with Crippen LogP contribution in [0.15, 0.2) is 0 Å². The summed E-state index contributed by atoms with van der Waals surface area (Å²) in [5.74, 6) is 0.311. The van der Waals surface area contributed by atoms with Crippen molar-refractivity contribution < 1.29 is 9.59 Å². The Balaban J connectivity index is 2.09. The van der Waals surface area contributed by atoms with Crippen molar-refractivity contribution in [2.45, 2.75) is 32.2 Å². The van der Waals surface area contributed by atoms with E-state index in [1.165, 1.54) is 12.8 Å². The van der Waals surface area contributed by atoms with Crippen LogP contribution in [-0.2, 0) is 9.59 Å². The molecule has 1 N–H and O–H groups in total. The lowest BCUT2D eigenvalue weighted by Crippen LogP contribution is -2.59. The largest absolute Gasteiger partial charge is 0.294 e. The molecule has 14 heavy (non-hydrogen) atoms. The first-order valence-electron chi connectivity index (χ1n) is 5.08. The standard InChI is InChI=1S/C10H16N2O2/c1-10(2,7-3-4-7)12-5-8(13)11-9(14)6-12/h7H,3-6H2,1-2H3,(H,11,13,14). The maximum atomic E-state index is 11.2. The average Bonchev–Trinajstić information content (AvgIpc) is 2.83. The van der Waals surface area contributed by atoms with Crippen molar-refractivity contribution in [3.63, 3.8) is 0 Å². The van der Waals surface area contributed by atoms with Gasteiger partial charge in [-0.2, -0.15) is 0 Å². The predicted molar refractivity (Wildman–Crippen MR) is 51.5 cm³/mol. The van der Waals surface area contributed by atoms with E-state index >= 15 is 0 Å². The zero-order chi connectivity index (χ0) is 10.3. The van der Waals surface area contributed by atoms with Gasteiger partial charge < -0.3 is 0 Å². The van der Waals surface area contributed by atoms with Gasteiger partial charge in [0.1, 0.15) is 0 Å². The second kappa shape index (κ2) is 3.05. The summed E-state index contributed by atoms with van der Waals surface area (Å²) < 4.78 is 0. The average molecular weight is 196 g/mol. The summed E-state index contributed by atoms with van der Waals surface area (Å²) in [6.45, 7) is 4.96. The molecule has 78 valence electrons. The van der Waals surface area contributed by atoms with E-state index in [-0.39, 0.29) is 17.4 Å². The summed E-state index contributed by atoms with van der Waals surface area (Å²) in [6.07, 6.45) is 2.44. The quantitative estimate of drug-likeness (QED) is 0.639. The Kier molecular flexibility index (Phi) is 2.10. The molecule has 1 saturated carbocycles. The van der Waals surface area contributed by atoms with Gasteiger partial charge in [-0.3, -0.25) is 19.8 Å². The van der Waals surface area contributed by atoms with Gasteiger partial charge in [0.15, 0.2) is 0 Å². The van der Waals surface area contributed by atoms with Gasteiger partial charge in [-0.05, 0) is 32.6 Å². The Hall–Kier alpha value is -0.900. The Morgan fingerprint density at radius 2 is 1.71 bits per heavy atom. The molecule has 2 rings (SSSR count). The molecule has 1 saturated heterocycles. The molecule has 0 aromatic heterocycles. The highest BCUT2D eigenvalue weighted by Gasteiger charge is 2.44. The number of amides is 2. The minimum Gasteiger partial charge on any atom is -0.294 e. The van der Waals surface area contributed by atoms with Crippen molar-refractivity contribution in [2.75, 3.05) is 13.1 Å². The molecular formula is C10H16N2O2. The molecule has 0 spiro atoms. The van der Waals surface area contributed by atoms with E-state index in [2.05, 4.69) is 19.2 Å². The van der Waals surface area contributed by atoms with Gasteiger partial charge in [0.05, 0.1) is 13.1 Å². The molecule has 2 aliphatic rings. The van der Waals surface area contributed by atoms with E-state index in [1.54, 1.807) is 0 Å². The first-order valence-corrected chi connectivity index (χ1v) is 5.08. The fourth-order valence-corrected chi connectivity index (χ4v) is 2.09. The van der Waals surface area contributed by atoms with Crippen LogP contribution >= 0.6 is 0 Å². The topological polar surface area (TPSA) is 49.4 Å². The highest BCUT2D eigenvalue weighted by Crippen LogP contribution is 2.42. The summed E-state index contributed by atoms with van der Waals surface area (Å²) in [7, 11) is 0. The summed E-state index contributed by atoms with van der Waals surface area (Å²) in [5.41, 5.74) is -0.00653. The molecule has 0 atom stereocenters.